The minimum Gasteiger partial charge on any atom is -0.466 e. The lowest BCUT2D eigenvalue weighted by atomic mass is 9.83. The summed E-state index contributed by atoms with van der Waals surface area (Å²) in [6.07, 6.45) is 2.59. The Morgan fingerprint density at radius 3 is 2.74 bits per heavy atom. The summed E-state index contributed by atoms with van der Waals surface area (Å²) in [6.45, 7) is 3.69. The fraction of sp³-hybridized carbons (Fsp3) is 0.333. The molecule has 5 nitrogen and oxygen atoms in total. The molecule has 0 amide bonds. The summed E-state index contributed by atoms with van der Waals surface area (Å²) >= 11 is 0. The fourth-order valence-electron chi connectivity index (χ4n) is 2.64. The molecular weight excluding hydrogens is 296 g/mol. The Labute approximate surface area is 136 Å². The summed E-state index contributed by atoms with van der Waals surface area (Å²) in [4.78, 5) is 24.1. The highest BCUT2D eigenvalue weighted by molar-refractivity contribution is 5.90. The van der Waals surface area contributed by atoms with Crippen LogP contribution in [0.3, 0.4) is 0 Å². The van der Waals surface area contributed by atoms with Crippen LogP contribution in [0, 0.1) is 5.92 Å². The van der Waals surface area contributed by atoms with Crippen molar-refractivity contribution < 1.29 is 24.2 Å². The summed E-state index contributed by atoms with van der Waals surface area (Å²) in [5.74, 6) is -1.28. The normalized spacial score (nSPS) is 24.1. The molecule has 5 heteroatoms. The van der Waals surface area contributed by atoms with E-state index >= 15 is 0 Å². The lowest BCUT2D eigenvalue weighted by Gasteiger charge is -2.33. The first-order chi connectivity index (χ1) is 11.6. The molecule has 1 aromatic rings. The summed E-state index contributed by atoms with van der Waals surface area (Å²) in [5, 5.41) is 4.73. The number of rotatable bonds is 6. The molecule has 0 radical (unpaired) electrons. The topological polar surface area (TPSA) is 72.8 Å². The van der Waals surface area contributed by atoms with E-state index < -0.39 is 24.1 Å². The minimum atomic E-state index is -0.748. The first-order valence-electron chi connectivity index (χ1n) is 7.79. The fourth-order valence-corrected chi connectivity index (χ4v) is 2.64. The maximum Gasteiger partial charge on any atom is 0.338 e. The number of allylic oxidation sites excluding steroid dienone is 1. The summed E-state index contributed by atoms with van der Waals surface area (Å²) < 4.78 is 17.6. The van der Waals surface area contributed by atoms with E-state index in [2.05, 4.69) is 6.58 Å². The molecule has 0 spiro atoms. The number of benzene rings is 1. The lowest BCUT2D eigenvalue weighted by Crippen LogP contribution is -2.41. The van der Waals surface area contributed by atoms with Gasteiger partial charge in [0.1, 0.15) is 6.10 Å². The number of esters is 2. The van der Waals surface area contributed by atoms with Gasteiger partial charge in [-0.1, -0.05) is 30.4 Å². The van der Waals surface area contributed by atoms with Gasteiger partial charge >= 0.3 is 11.9 Å². The van der Waals surface area contributed by atoms with Gasteiger partial charge in [-0.3, -0.25) is 0 Å². The van der Waals surface area contributed by atoms with Gasteiger partial charge < -0.3 is 14.6 Å². The van der Waals surface area contributed by atoms with E-state index in [1.165, 1.54) is 7.11 Å². The quantitative estimate of drug-likeness (QED) is 0.643. The van der Waals surface area contributed by atoms with E-state index in [4.69, 9.17) is 16.0 Å². The maximum atomic E-state index is 12.3. The molecule has 3 atom stereocenters. The zero-order valence-electron chi connectivity index (χ0n) is 13.9. The van der Waals surface area contributed by atoms with Crippen LogP contribution in [0.25, 0.3) is 0 Å². The number of carbonyl (C=O) groups is 2. The molecule has 0 aromatic heterocycles. The largest absolute Gasteiger partial charge is 0.466 e. The monoisotopic (exact) mass is 318 g/mol. The number of aliphatic hydroxyl groups is 1. The Balaban J connectivity index is 2.24. The molecule has 0 fully saturated rings. The molecular formula is C18H20O5. The number of aliphatic hydroxyl groups excluding tert-OH is 1. The number of hydrogen-bond donors (Lipinski definition) is 1. The van der Waals surface area contributed by atoms with Crippen LogP contribution in [-0.2, 0) is 14.3 Å². The first kappa shape index (κ1) is 15.5. The molecule has 23 heavy (non-hydrogen) atoms. The molecule has 0 aliphatic heterocycles. The summed E-state index contributed by atoms with van der Waals surface area (Å²) in [5.41, 5.74) is 0.829. The molecule has 0 bridgehead atoms. The van der Waals surface area contributed by atoms with Crippen LogP contribution in [0.4, 0.5) is 0 Å². The van der Waals surface area contributed by atoms with E-state index in [0.717, 1.165) is 0 Å². The Kier molecular flexibility index (Phi) is 5.21. The molecule has 2 rings (SSSR count). The van der Waals surface area contributed by atoms with Crippen molar-refractivity contribution in [2.24, 2.45) is 5.92 Å². The van der Waals surface area contributed by atoms with Crippen molar-refractivity contribution in [2.75, 3.05) is 7.11 Å². The molecule has 0 saturated heterocycles. The van der Waals surface area contributed by atoms with E-state index in [1.807, 2.05) is 0 Å². The van der Waals surface area contributed by atoms with Crippen LogP contribution in [-0.4, -0.2) is 37.8 Å². The smallest absolute Gasteiger partial charge is 0.338 e. The van der Waals surface area contributed by atoms with Crippen molar-refractivity contribution in [2.45, 2.75) is 25.0 Å². The van der Waals surface area contributed by atoms with Crippen molar-refractivity contribution in [3.63, 3.8) is 0 Å². The van der Waals surface area contributed by atoms with Gasteiger partial charge in [0.15, 0.2) is 0 Å². The second kappa shape index (κ2) is 7.74. The Morgan fingerprint density at radius 1 is 1.39 bits per heavy atom. The maximum absolute atomic E-state index is 12.3. The van der Waals surface area contributed by atoms with Crippen LogP contribution in [0.2, 0.25) is 0 Å². The first-order valence-corrected chi connectivity index (χ1v) is 7.38. The molecule has 0 unspecified atom stereocenters. The zero-order chi connectivity index (χ0) is 17.5. The van der Waals surface area contributed by atoms with Crippen molar-refractivity contribution in [3.8, 4) is 0 Å². The van der Waals surface area contributed by atoms with Crippen LogP contribution < -0.4 is 0 Å². The average Bonchev–Trinajstić information content (AvgIpc) is 2.63. The number of hydrogen-bond acceptors (Lipinski definition) is 5. The van der Waals surface area contributed by atoms with Gasteiger partial charge in [0, 0.05) is 17.9 Å². The van der Waals surface area contributed by atoms with Crippen LogP contribution in [0.1, 0.15) is 23.2 Å². The molecule has 1 aromatic carbocycles. The lowest BCUT2D eigenvalue weighted by molar-refractivity contribution is -0.137. The van der Waals surface area contributed by atoms with Gasteiger partial charge in [0.2, 0.25) is 1.43 Å². The Hall–Kier alpha value is -2.40. The third-order valence-electron chi connectivity index (χ3n) is 3.76. The van der Waals surface area contributed by atoms with Gasteiger partial charge in [-0.05, 0) is 18.6 Å². The predicted octanol–water partition coefficient (Wildman–Crippen LogP) is 2.27. The highest BCUT2D eigenvalue weighted by Gasteiger charge is 2.36. The number of ether oxygens (including phenoxy) is 2. The number of methoxy groups -OCH3 is 1. The average molecular weight is 318 g/mol. The van der Waals surface area contributed by atoms with Crippen molar-refractivity contribution in [1.82, 2.24) is 0 Å². The molecule has 1 N–H and O–H groups in total. The second-order valence-corrected chi connectivity index (χ2v) is 5.35. The Bertz CT molecular complexity index is 626. The van der Waals surface area contributed by atoms with E-state index in [9.17, 15) is 9.59 Å². The molecule has 1 aliphatic carbocycles. The van der Waals surface area contributed by atoms with E-state index in [-0.39, 0.29) is 12.3 Å². The van der Waals surface area contributed by atoms with Crippen LogP contribution >= 0.6 is 0 Å². The van der Waals surface area contributed by atoms with Gasteiger partial charge in [-0.15, -0.1) is 6.58 Å². The predicted molar refractivity (Wildman–Crippen MR) is 84.7 cm³/mol. The molecule has 122 valence electrons. The van der Waals surface area contributed by atoms with Crippen molar-refractivity contribution in [1.29, 1.82) is 1.43 Å². The van der Waals surface area contributed by atoms with Crippen LogP contribution in [0.5, 0.6) is 0 Å². The number of carbonyl (C=O) groups excluding carboxylic acids is 2. The SMILES string of the molecule is [3H]O[C@@H]1CC(C(=O)OC)=C[C@H](CC=C)[C@H]1OC(=O)c1ccccc1. The zero-order valence-corrected chi connectivity index (χ0v) is 12.9. The minimum absolute atomic E-state index is 0.149. The van der Waals surface area contributed by atoms with Gasteiger partial charge in [-0.2, -0.15) is 0 Å². The highest BCUT2D eigenvalue weighted by atomic mass is 16.6. The second-order valence-electron chi connectivity index (χ2n) is 5.35. The highest BCUT2D eigenvalue weighted by Crippen LogP contribution is 2.30. The van der Waals surface area contributed by atoms with Gasteiger partial charge in [-0.25, -0.2) is 9.59 Å². The third-order valence-corrected chi connectivity index (χ3v) is 3.76. The van der Waals surface area contributed by atoms with Crippen LogP contribution in [0.15, 0.2) is 54.6 Å². The molecule has 0 heterocycles. The van der Waals surface area contributed by atoms with Crippen molar-refractivity contribution in [3.05, 3.63) is 60.2 Å². The Morgan fingerprint density at radius 2 is 2.13 bits per heavy atom. The third kappa shape index (κ3) is 4.07. The van der Waals surface area contributed by atoms with Gasteiger partial charge in [0.25, 0.3) is 0 Å². The molecule has 1 aliphatic rings. The van der Waals surface area contributed by atoms with Crippen molar-refractivity contribution >= 4 is 11.9 Å². The van der Waals surface area contributed by atoms with E-state index in [0.29, 0.717) is 17.6 Å². The summed E-state index contributed by atoms with van der Waals surface area (Å²) in [7, 11) is 1.30. The molecule has 0 saturated carbocycles. The van der Waals surface area contributed by atoms with E-state index in [1.54, 1.807) is 42.5 Å². The van der Waals surface area contributed by atoms with Gasteiger partial charge in [0.05, 0.1) is 18.8 Å². The standard InChI is InChI=1S/C18H20O5/c1-3-7-13-10-14(17(20)22-2)11-15(19)16(13)23-18(21)12-8-5-4-6-9-12/h3-6,8-10,13,15-16,19H,1,7,11H2,2H3/t13-,15+,16+/m0/s1/i19T. The summed E-state index contributed by atoms with van der Waals surface area (Å²) in [6, 6.07) is 8.59.